The summed E-state index contributed by atoms with van der Waals surface area (Å²) in [7, 11) is 0. The molecule has 2 unspecified atom stereocenters. The monoisotopic (exact) mass is 334 g/mol. The lowest BCUT2D eigenvalue weighted by molar-refractivity contribution is -0.127. The highest BCUT2D eigenvalue weighted by Gasteiger charge is 2.34. The Kier molecular flexibility index (Phi) is 6.63. The molecule has 1 heterocycles. The molecule has 0 spiro atoms. The Balaban J connectivity index is 1.73. The van der Waals surface area contributed by atoms with Crippen molar-refractivity contribution in [3.8, 4) is 5.75 Å². The zero-order valence-corrected chi connectivity index (χ0v) is 15.0. The maximum absolute atomic E-state index is 12.3. The van der Waals surface area contributed by atoms with Crippen LogP contribution in [-0.2, 0) is 4.79 Å². The maximum Gasteiger partial charge on any atom is 0.237 e. The van der Waals surface area contributed by atoms with Gasteiger partial charge < -0.3 is 15.2 Å². The van der Waals surface area contributed by atoms with Gasteiger partial charge in [-0.25, -0.2) is 0 Å². The summed E-state index contributed by atoms with van der Waals surface area (Å²) in [4.78, 5) is 14.5. The summed E-state index contributed by atoms with van der Waals surface area (Å²) in [5.74, 6) is 0.845. The molecule has 1 fully saturated rings. The van der Waals surface area contributed by atoms with Crippen LogP contribution >= 0.6 is 0 Å². The highest BCUT2D eigenvalue weighted by atomic mass is 16.5. The van der Waals surface area contributed by atoms with E-state index in [1.54, 1.807) is 0 Å². The van der Waals surface area contributed by atoms with E-state index < -0.39 is 0 Å². The Morgan fingerprint density at radius 2 is 2.29 bits per heavy atom. The molecule has 1 aliphatic rings. The fraction of sp³-hybridized carbons (Fsp3) is 0.632. The molecule has 5 heteroatoms. The Labute approximate surface area is 145 Å². The van der Waals surface area contributed by atoms with Crippen LogP contribution in [0.4, 0.5) is 0 Å². The summed E-state index contributed by atoms with van der Waals surface area (Å²) in [6.45, 7) is 8.82. The minimum Gasteiger partial charge on any atom is -0.492 e. The van der Waals surface area contributed by atoms with Gasteiger partial charge in [-0.2, -0.15) is 0 Å². The van der Waals surface area contributed by atoms with Crippen LogP contribution in [0.25, 0.3) is 0 Å². The third kappa shape index (κ3) is 5.21. The van der Waals surface area contributed by atoms with Gasteiger partial charge in [0.25, 0.3) is 0 Å². The highest BCUT2D eigenvalue weighted by molar-refractivity contribution is 5.81. The van der Waals surface area contributed by atoms with Gasteiger partial charge in [0, 0.05) is 18.6 Å². The first-order valence-corrected chi connectivity index (χ1v) is 8.76. The Bertz CT molecular complexity index is 549. The van der Waals surface area contributed by atoms with E-state index in [2.05, 4.69) is 17.1 Å². The molecule has 2 atom stereocenters. The molecule has 0 aliphatic carbocycles. The van der Waals surface area contributed by atoms with Gasteiger partial charge in [0.2, 0.25) is 5.91 Å². The lowest BCUT2D eigenvalue weighted by Gasteiger charge is -2.41. The van der Waals surface area contributed by atoms with Crippen molar-refractivity contribution < 1.29 is 14.6 Å². The second-order valence-electron chi connectivity index (χ2n) is 7.17. The summed E-state index contributed by atoms with van der Waals surface area (Å²) >= 11 is 0. The van der Waals surface area contributed by atoms with Gasteiger partial charge in [-0.3, -0.25) is 9.69 Å². The second kappa shape index (κ2) is 8.49. The highest BCUT2D eigenvalue weighted by Crippen LogP contribution is 2.29. The van der Waals surface area contributed by atoms with E-state index in [1.165, 1.54) is 0 Å². The second-order valence-corrected chi connectivity index (χ2v) is 7.17. The number of hydrogen-bond acceptors (Lipinski definition) is 4. The number of benzene rings is 1. The molecule has 0 aromatic heterocycles. The minimum absolute atomic E-state index is 0.0185. The standard InChI is InChI=1S/C19H30N2O3/c1-15-6-4-7-17(12-15)24-11-9-20-18(23)16(2)21-10-5-8-19(3,13-21)14-22/h4,6-7,12,16,22H,5,8-11,13-14H2,1-3H3,(H,20,23). The third-order valence-corrected chi connectivity index (χ3v) is 4.78. The molecule has 134 valence electrons. The molecule has 5 nitrogen and oxygen atoms in total. The van der Waals surface area contributed by atoms with Crippen LogP contribution in [0, 0.1) is 12.3 Å². The van der Waals surface area contributed by atoms with E-state index in [0.29, 0.717) is 13.2 Å². The number of aliphatic hydroxyl groups is 1. The van der Waals surface area contributed by atoms with Crippen LogP contribution in [0.1, 0.15) is 32.3 Å². The van der Waals surface area contributed by atoms with E-state index in [4.69, 9.17) is 4.74 Å². The zero-order valence-electron chi connectivity index (χ0n) is 15.0. The molecule has 24 heavy (non-hydrogen) atoms. The predicted molar refractivity (Wildman–Crippen MR) is 95.1 cm³/mol. The average molecular weight is 334 g/mol. The molecule has 1 aromatic carbocycles. The number of carbonyl (C=O) groups is 1. The van der Waals surface area contributed by atoms with Gasteiger partial charge in [0.05, 0.1) is 12.6 Å². The van der Waals surface area contributed by atoms with Gasteiger partial charge >= 0.3 is 0 Å². The predicted octanol–water partition coefficient (Wildman–Crippen LogP) is 1.97. The molecule has 1 aliphatic heterocycles. The van der Waals surface area contributed by atoms with Crippen molar-refractivity contribution >= 4 is 5.91 Å². The van der Waals surface area contributed by atoms with Crippen LogP contribution in [0.15, 0.2) is 24.3 Å². The number of amides is 1. The largest absolute Gasteiger partial charge is 0.492 e. The Morgan fingerprint density at radius 1 is 1.50 bits per heavy atom. The fourth-order valence-electron chi connectivity index (χ4n) is 3.18. The number of ether oxygens (including phenoxy) is 1. The third-order valence-electron chi connectivity index (χ3n) is 4.78. The first-order chi connectivity index (χ1) is 11.4. The van der Waals surface area contributed by atoms with Gasteiger partial charge in [-0.1, -0.05) is 19.1 Å². The lowest BCUT2D eigenvalue weighted by atomic mass is 9.82. The number of piperidine rings is 1. The van der Waals surface area contributed by atoms with Gasteiger partial charge in [-0.15, -0.1) is 0 Å². The summed E-state index contributed by atoms with van der Waals surface area (Å²) < 4.78 is 5.65. The van der Waals surface area contributed by atoms with Crippen LogP contribution in [0.5, 0.6) is 5.75 Å². The van der Waals surface area contributed by atoms with Gasteiger partial charge in [-0.05, 0) is 50.9 Å². The van der Waals surface area contributed by atoms with Crippen LogP contribution in [0.2, 0.25) is 0 Å². The number of hydrogen-bond donors (Lipinski definition) is 2. The van der Waals surface area contributed by atoms with E-state index in [0.717, 1.165) is 37.2 Å². The topological polar surface area (TPSA) is 61.8 Å². The Morgan fingerprint density at radius 3 is 3.00 bits per heavy atom. The van der Waals surface area contributed by atoms with Crippen molar-refractivity contribution in [3.63, 3.8) is 0 Å². The van der Waals surface area contributed by atoms with E-state index in [9.17, 15) is 9.90 Å². The molecular formula is C19H30N2O3. The van der Waals surface area contributed by atoms with E-state index in [-0.39, 0.29) is 24.0 Å². The summed E-state index contributed by atoms with van der Waals surface area (Å²) in [5, 5.41) is 12.5. The fourth-order valence-corrected chi connectivity index (χ4v) is 3.18. The van der Waals surface area contributed by atoms with Crippen molar-refractivity contribution in [1.82, 2.24) is 10.2 Å². The van der Waals surface area contributed by atoms with E-state index in [1.807, 2.05) is 38.1 Å². The quantitative estimate of drug-likeness (QED) is 0.749. The molecule has 2 rings (SSSR count). The van der Waals surface area contributed by atoms with E-state index >= 15 is 0 Å². The van der Waals surface area contributed by atoms with Crippen molar-refractivity contribution in [2.24, 2.45) is 5.41 Å². The molecule has 0 radical (unpaired) electrons. The van der Waals surface area contributed by atoms with Crippen LogP contribution in [0.3, 0.4) is 0 Å². The van der Waals surface area contributed by atoms with Crippen molar-refractivity contribution in [2.75, 3.05) is 32.8 Å². The molecule has 1 amide bonds. The molecule has 0 saturated carbocycles. The molecule has 1 saturated heterocycles. The Hall–Kier alpha value is -1.59. The first kappa shape index (κ1) is 18.7. The molecule has 1 aromatic rings. The number of carbonyl (C=O) groups excluding carboxylic acids is 1. The number of nitrogens with zero attached hydrogens (tertiary/aromatic N) is 1. The molecule has 2 N–H and O–H groups in total. The first-order valence-electron chi connectivity index (χ1n) is 8.76. The normalized spacial score (nSPS) is 22.8. The lowest BCUT2D eigenvalue weighted by Crippen LogP contribution is -2.52. The van der Waals surface area contributed by atoms with Gasteiger partial charge in [0.1, 0.15) is 12.4 Å². The SMILES string of the molecule is Cc1cccc(OCCNC(=O)C(C)N2CCCC(C)(CO)C2)c1. The van der Waals surface area contributed by atoms with Crippen molar-refractivity contribution in [1.29, 1.82) is 0 Å². The van der Waals surface area contributed by atoms with Gasteiger partial charge in [0.15, 0.2) is 0 Å². The van der Waals surface area contributed by atoms with Crippen LogP contribution < -0.4 is 10.1 Å². The average Bonchev–Trinajstić information content (AvgIpc) is 2.58. The van der Waals surface area contributed by atoms with Crippen molar-refractivity contribution in [2.45, 2.75) is 39.7 Å². The number of aliphatic hydroxyl groups excluding tert-OH is 1. The summed E-state index contributed by atoms with van der Waals surface area (Å²) in [6.07, 6.45) is 2.03. The number of likely N-dealkylation sites (tertiary alicyclic amines) is 1. The van der Waals surface area contributed by atoms with Crippen LogP contribution in [-0.4, -0.2) is 54.8 Å². The number of aryl methyl sites for hydroxylation is 1. The number of nitrogens with one attached hydrogen (secondary N) is 1. The minimum atomic E-state index is -0.185. The summed E-state index contributed by atoms with van der Waals surface area (Å²) in [5.41, 5.74) is 1.06. The smallest absolute Gasteiger partial charge is 0.237 e. The zero-order chi connectivity index (χ0) is 17.6. The number of rotatable bonds is 7. The maximum atomic E-state index is 12.3. The molecule has 0 bridgehead atoms. The molecular weight excluding hydrogens is 304 g/mol. The summed E-state index contributed by atoms with van der Waals surface area (Å²) in [6, 6.07) is 7.69. The van der Waals surface area contributed by atoms with Crippen molar-refractivity contribution in [3.05, 3.63) is 29.8 Å².